The molecule has 0 radical (unpaired) electrons. The molecule has 3 saturated carbocycles. The normalized spacial score (nSPS) is 38.5. The van der Waals surface area contributed by atoms with Crippen molar-refractivity contribution in [1.82, 2.24) is 4.98 Å². The van der Waals surface area contributed by atoms with E-state index in [4.69, 9.17) is 23.4 Å². The Morgan fingerprint density at radius 3 is 2.68 bits per heavy atom. The van der Waals surface area contributed by atoms with Gasteiger partial charge in [0.05, 0.1) is 18.8 Å². The fourth-order valence-electron chi connectivity index (χ4n) is 9.67. The van der Waals surface area contributed by atoms with E-state index in [9.17, 15) is 14.7 Å². The Labute approximate surface area is 258 Å². The van der Waals surface area contributed by atoms with Crippen LogP contribution in [-0.4, -0.2) is 46.3 Å². The smallest absolute Gasteiger partial charge is 0.345 e. The van der Waals surface area contributed by atoms with Gasteiger partial charge >= 0.3 is 11.6 Å². The van der Waals surface area contributed by atoms with Crippen molar-refractivity contribution in [3.63, 3.8) is 0 Å². The largest absolute Gasteiger partial charge is 0.482 e. The lowest BCUT2D eigenvalue weighted by atomic mass is 9.42. The van der Waals surface area contributed by atoms with E-state index >= 15 is 0 Å². The van der Waals surface area contributed by atoms with E-state index in [1.165, 1.54) is 0 Å². The van der Waals surface area contributed by atoms with Crippen LogP contribution in [0.2, 0.25) is 0 Å². The second-order valence-electron chi connectivity index (χ2n) is 14.6. The van der Waals surface area contributed by atoms with Crippen LogP contribution in [0, 0.1) is 22.7 Å². The molecule has 2 aromatic rings. The highest BCUT2D eigenvalue weighted by Gasteiger charge is 2.71. The van der Waals surface area contributed by atoms with Gasteiger partial charge in [-0.25, -0.2) is 4.79 Å². The Bertz CT molecular complexity index is 1470. The summed E-state index contributed by atoms with van der Waals surface area (Å²) in [5.41, 5.74) is -1.82. The Balaban J connectivity index is 1.31. The van der Waals surface area contributed by atoms with E-state index in [2.05, 4.69) is 18.8 Å². The zero-order valence-corrected chi connectivity index (χ0v) is 26.3. The van der Waals surface area contributed by atoms with Crippen molar-refractivity contribution in [3.05, 3.63) is 46.6 Å². The standard InChI is InChI=1S/C35H45NO8/c1-5-6-11-27(37)42-26-18-24-32(2,15-12-25-33(24,3)20-40-35(44-25)13-7-8-14-35)30-29(38)28-23(43-34(26,30)4)17-22(41-31(28)39)21-10-9-16-36-19-21/h9-10,16-17,19,24-26,29-30,38H,5-8,11-15,18,20H2,1-4H3/t24-,25+,26+,29+,30-,32+,33+,34-/m1/s1. The van der Waals surface area contributed by atoms with Gasteiger partial charge in [0.2, 0.25) is 0 Å². The molecule has 0 bridgehead atoms. The number of fused-ring (bicyclic) bond motifs is 6. The van der Waals surface area contributed by atoms with Crippen LogP contribution in [-0.2, 0) is 19.0 Å². The molecular formula is C35H45NO8. The fraction of sp³-hybridized carbons (Fsp3) is 0.686. The highest BCUT2D eigenvalue weighted by Crippen LogP contribution is 2.68. The number of hydrogen-bond donors (Lipinski definition) is 1. The monoisotopic (exact) mass is 607 g/mol. The van der Waals surface area contributed by atoms with Crippen LogP contribution in [0.3, 0.4) is 0 Å². The minimum absolute atomic E-state index is 0.00530. The number of hydrogen-bond acceptors (Lipinski definition) is 9. The number of carbonyl (C=O) groups is 1. The van der Waals surface area contributed by atoms with Crippen molar-refractivity contribution < 1.29 is 33.3 Å². The second-order valence-corrected chi connectivity index (χ2v) is 14.6. The first kappa shape index (κ1) is 29.9. The number of aliphatic hydroxyl groups is 1. The van der Waals surface area contributed by atoms with Gasteiger partial charge in [-0.3, -0.25) is 9.78 Å². The summed E-state index contributed by atoms with van der Waals surface area (Å²) in [5, 5.41) is 12.3. The third kappa shape index (κ3) is 4.48. The summed E-state index contributed by atoms with van der Waals surface area (Å²) in [6, 6.07) is 5.22. The van der Waals surface area contributed by atoms with Crippen molar-refractivity contribution >= 4 is 5.97 Å². The molecule has 44 heavy (non-hydrogen) atoms. The molecule has 1 N–H and O–H groups in total. The maximum Gasteiger partial charge on any atom is 0.345 e. The van der Waals surface area contributed by atoms with Gasteiger partial charge in [0.15, 0.2) is 5.79 Å². The SMILES string of the molecule is CCCCC(=O)O[C@H]1C[C@H]2[C@]3(C)COC4(CCCC4)O[C@H]3CC[C@]2(C)[C@H]2[C@@H](O)c3c(cc(-c4cccnc4)oc3=O)O[C@]12C. The first-order chi connectivity index (χ1) is 21.0. The molecule has 7 rings (SSSR count). The van der Waals surface area contributed by atoms with Crippen LogP contribution in [0.5, 0.6) is 5.75 Å². The summed E-state index contributed by atoms with van der Waals surface area (Å²) < 4.78 is 32.3. The number of rotatable bonds is 5. The summed E-state index contributed by atoms with van der Waals surface area (Å²) in [5.74, 6) is -0.766. The van der Waals surface area contributed by atoms with Crippen molar-refractivity contribution in [2.24, 2.45) is 22.7 Å². The molecule has 4 heterocycles. The molecule has 2 aliphatic heterocycles. The number of unbranched alkanes of at least 4 members (excludes halogenated alkanes) is 1. The topological polar surface area (TPSA) is 117 Å². The molecule has 0 unspecified atom stereocenters. The minimum atomic E-state index is -1.18. The minimum Gasteiger partial charge on any atom is -0.482 e. The zero-order chi connectivity index (χ0) is 30.9. The van der Waals surface area contributed by atoms with Crippen molar-refractivity contribution in [2.45, 2.75) is 122 Å². The molecule has 9 nitrogen and oxygen atoms in total. The Hall–Kier alpha value is -2.75. The molecule has 1 saturated heterocycles. The molecule has 0 aromatic carbocycles. The van der Waals surface area contributed by atoms with Crippen molar-refractivity contribution in [2.75, 3.05) is 6.61 Å². The first-order valence-electron chi connectivity index (χ1n) is 16.5. The third-order valence-electron chi connectivity index (χ3n) is 11.9. The molecule has 9 heteroatoms. The average Bonchev–Trinajstić information content (AvgIpc) is 3.45. The zero-order valence-electron chi connectivity index (χ0n) is 26.3. The van der Waals surface area contributed by atoms with Gasteiger partial charge in [0.1, 0.15) is 28.8 Å². The fourth-order valence-corrected chi connectivity index (χ4v) is 9.67. The van der Waals surface area contributed by atoms with E-state index < -0.39 is 40.6 Å². The summed E-state index contributed by atoms with van der Waals surface area (Å²) in [4.78, 5) is 30.9. The van der Waals surface area contributed by atoms with Crippen LogP contribution in [0.15, 0.2) is 39.8 Å². The maximum absolute atomic E-state index is 13.6. The van der Waals surface area contributed by atoms with E-state index in [0.29, 0.717) is 30.8 Å². The average molecular weight is 608 g/mol. The molecule has 3 aliphatic carbocycles. The van der Waals surface area contributed by atoms with Gasteiger partial charge < -0.3 is 28.5 Å². The highest BCUT2D eigenvalue weighted by molar-refractivity contribution is 5.69. The Morgan fingerprint density at radius 1 is 1.16 bits per heavy atom. The van der Waals surface area contributed by atoms with Crippen LogP contribution in [0.4, 0.5) is 0 Å². The summed E-state index contributed by atoms with van der Waals surface area (Å²) in [6.45, 7) is 8.97. The van der Waals surface area contributed by atoms with E-state index in [1.807, 2.05) is 13.8 Å². The lowest BCUT2D eigenvalue weighted by Gasteiger charge is -2.68. The van der Waals surface area contributed by atoms with Gasteiger partial charge in [-0.1, -0.05) is 27.2 Å². The molecule has 1 spiro atoms. The van der Waals surface area contributed by atoms with Crippen LogP contribution in [0.25, 0.3) is 11.3 Å². The molecule has 238 valence electrons. The van der Waals surface area contributed by atoms with E-state index in [0.717, 1.165) is 51.4 Å². The maximum atomic E-state index is 13.6. The summed E-state index contributed by atoms with van der Waals surface area (Å²) >= 11 is 0. The number of aromatic nitrogens is 1. The number of carbonyl (C=O) groups excluding carboxylic acids is 1. The van der Waals surface area contributed by atoms with Gasteiger partial charge in [0.25, 0.3) is 0 Å². The van der Waals surface area contributed by atoms with Crippen LogP contribution >= 0.6 is 0 Å². The number of pyridine rings is 1. The van der Waals surface area contributed by atoms with E-state index in [-0.39, 0.29) is 34.7 Å². The third-order valence-corrected chi connectivity index (χ3v) is 11.9. The van der Waals surface area contributed by atoms with Gasteiger partial charge in [0, 0.05) is 54.6 Å². The lowest BCUT2D eigenvalue weighted by molar-refractivity contribution is -0.367. The van der Waals surface area contributed by atoms with Crippen LogP contribution < -0.4 is 10.4 Å². The predicted octanol–water partition coefficient (Wildman–Crippen LogP) is 6.12. The molecule has 0 amide bonds. The predicted molar refractivity (Wildman–Crippen MR) is 161 cm³/mol. The first-order valence-corrected chi connectivity index (χ1v) is 16.5. The number of esters is 1. The molecule has 5 aliphatic rings. The number of ether oxygens (including phenoxy) is 4. The van der Waals surface area contributed by atoms with Crippen LogP contribution in [0.1, 0.15) is 104 Å². The molecular weight excluding hydrogens is 562 g/mol. The van der Waals surface area contributed by atoms with Gasteiger partial charge in [-0.2, -0.15) is 0 Å². The highest BCUT2D eigenvalue weighted by atomic mass is 16.7. The lowest BCUT2D eigenvalue weighted by Crippen LogP contribution is -2.72. The van der Waals surface area contributed by atoms with Gasteiger partial charge in [-0.15, -0.1) is 0 Å². The van der Waals surface area contributed by atoms with Gasteiger partial charge in [-0.05, 0) is 68.9 Å². The Kier molecular flexibility index (Phi) is 7.26. The number of nitrogens with zero attached hydrogens (tertiary/aromatic N) is 1. The van der Waals surface area contributed by atoms with Crippen molar-refractivity contribution in [3.8, 4) is 17.1 Å². The number of aliphatic hydroxyl groups excluding tert-OH is 1. The Morgan fingerprint density at radius 2 is 1.95 bits per heavy atom. The quantitative estimate of drug-likeness (QED) is 0.401. The van der Waals surface area contributed by atoms with Crippen molar-refractivity contribution in [1.29, 1.82) is 0 Å². The molecule has 4 fully saturated rings. The molecule has 2 aromatic heterocycles. The van der Waals surface area contributed by atoms with E-state index in [1.54, 1.807) is 30.6 Å². The second kappa shape index (κ2) is 10.7. The summed E-state index contributed by atoms with van der Waals surface area (Å²) in [6.07, 6.45) is 9.55. The summed E-state index contributed by atoms with van der Waals surface area (Å²) in [7, 11) is 0. The molecule has 8 atom stereocenters.